The molecule has 0 amide bonds. The zero-order valence-corrected chi connectivity index (χ0v) is 33.8. The number of hydrogen-bond acceptors (Lipinski definition) is 6. The molecule has 4 atom stereocenters. The van der Waals surface area contributed by atoms with Crippen LogP contribution in [0.25, 0.3) is 11.8 Å². The maximum absolute atomic E-state index is 14.1. The molecule has 0 aliphatic heterocycles. The van der Waals surface area contributed by atoms with Crippen molar-refractivity contribution in [2.45, 2.75) is 125 Å². The number of carbonyl (C=O) groups excluding carboxylic acids is 1. The van der Waals surface area contributed by atoms with E-state index in [0.29, 0.717) is 29.1 Å². The Morgan fingerprint density at radius 1 is 0.963 bits per heavy atom. The van der Waals surface area contributed by atoms with Gasteiger partial charge in [0.15, 0.2) is 5.78 Å². The van der Waals surface area contributed by atoms with Gasteiger partial charge < -0.3 is 9.84 Å². The molecule has 0 unspecified atom stereocenters. The van der Waals surface area contributed by atoms with Crippen molar-refractivity contribution in [3.63, 3.8) is 0 Å². The van der Waals surface area contributed by atoms with Crippen molar-refractivity contribution in [2.24, 2.45) is 22.7 Å². The lowest BCUT2D eigenvalue weighted by atomic mass is 9.44. The van der Waals surface area contributed by atoms with Gasteiger partial charge in [0.05, 0.1) is 23.0 Å². The monoisotopic (exact) mass is 728 g/mol. The largest absolute Gasteiger partial charge is 0.487 e. The van der Waals surface area contributed by atoms with Gasteiger partial charge in [0.1, 0.15) is 24.1 Å². The number of carbonyl (C=O) groups is 1. The molecule has 1 heterocycles. The van der Waals surface area contributed by atoms with Gasteiger partial charge in [-0.05, 0) is 151 Å². The van der Waals surface area contributed by atoms with Gasteiger partial charge in [-0.25, -0.2) is 4.68 Å². The van der Waals surface area contributed by atoms with Crippen LogP contribution in [0.3, 0.4) is 0 Å². The number of hydrogen-bond donors (Lipinski definition) is 1. The van der Waals surface area contributed by atoms with E-state index in [9.17, 15) is 15.2 Å². The molecular weight excluding hydrogens is 669 g/mol. The average molecular weight is 729 g/mol. The van der Waals surface area contributed by atoms with E-state index in [1.54, 1.807) is 16.9 Å². The van der Waals surface area contributed by atoms with Crippen LogP contribution in [0.2, 0.25) is 0 Å². The molecule has 286 valence electrons. The van der Waals surface area contributed by atoms with E-state index in [-0.39, 0.29) is 29.6 Å². The molecule has 7 heteroatoms. The number of fused-ring (bicyclic) bond motifs is 1. The number of nitrogens with zero attached hydrogens (tertiary/aromatic N) is 4. The van der Waals surface area contributed by atoms with Gasteiger partial charge in [-0.1, -0.05) is 85.2 Å². The van der Waals surface area contributed by atoms with Crippen LogP contribution in [0.15, 0.2) is 95.2 Å². The second-order valence-electron chi connectivity index (χ2n) is 17.1. The third kappa shape index (κ3) is 9.57. The van der Waals surface area contributed by atoms with Gasteiger partial charge in [-0.15, -0.1) is 5.10 Å². The summed E-state index contributed by atoms with van der Waals surface area (Å²) in [6.45, 7) is 17.6. The molecule has 0 spiro atoms. The minimum Gasteiger partial charge on any atom is -0.487 e. The van der Waals surface area contributed by atoms with Crippen LogP contribution >= 0.6 is 0 Å². The highest BCUT2D eigenvalue weighted by Gasteiger charge is 2.61. The minimum absolute atomic E-state index is 0.0721. The molecule has 2 aromatic carbocycles. The summed E-state index contributed by atoms with van der Waals surface area (Å²) in [5, 5.41) is 29.7. The van der Waals surface area contributed by atoms with Crippen LogP contribution in [0.1, 0.15) is 130 Å². The normalized spacial score (nSPS) is 24.9. The average Bonchev–Trinajstić information content (AvgIpc) is 3.60. The summed E-state index contributed by atoms with van der Waals surface area (Å²) in [4.78, 5) is 14.1. The highest BCUT2D eigenvalue weighted by molar-refractivity contribution is 6.04. The molecule has 0 saturated heterocycles. The van der Waals surface area contributed by atoms with Crippen molar-refractivity contribution in [3.05, 3.63) is 112 Å². The van der Waals surface area contributed by atoms with E-state index in [1.807, 2.05) is 55.5 Å². The SMILES string of the molecule is CC(C)=CCC/C(C)=C/CC/C(C)=C/CC[C@@H]1[C@@]2(C)C/C(=C\c3ccc(OCc4cn(-c5ccccc5C#N)nn4)cc3)C(=O)C(C)(C)[C@@H]2CC[C@@]1(C)O. The van der Waals surface area contributed by atoms with Gasteiger partial charge in [-0.3, -0.25) is 4.79 Å². The number of rotatable bonds is 14. The molecule has 0 radical (unpaired) electrons. The summed E-state index contributed by atoms with van der Waals surface area (Å²) in [7, 11) is 0. The van der Waals surface area contributed by atoms with Crippen LogP contribution in [0, 0.1) is 34.0 Å². The number of benzene rings is 2. The summed E-state index contributed by atoms with van der Waals surface area (Å²) in [6.07, 6.45) is 19.3. The van der Waals surface area contributed by atoms with Crippen molar-refractivity contribution in [1.29, 1.82) is 5.26 Å². The Hall–Kier alpha value is -4.54. The van der Waals surface area contributed by atoms with Gasteiger partial charge in [0.2, 0.25) is 0 Å². The third-order valence-corrected chi connectivity index (χ3v) is 12.1. The highest BCUT2D eigenvalue weighted by Crippen LogP contribution is 2.63. The first-order valence-electron chi connectivity index (χ1n) is 19.7. The Morgan fingerprint density at radius 2 is 1.63 bits per heavy atom. The first-order valence-corrected chi connectivity index (χ1v) is 19.7. The lowest BCUT2D eigenvalue weighted by molar-refractivity contribution is -0.169. The maximum atomic E-state index is 14.1. The lowest BCUT2D eigenvalue weighted by Gasteiger charge is -2.61. The number of ether oxygens (including phenoxy) is 1. The summed E-state index contributed by atoms with van der Waals surface area (Å²) in [5.74, 6) is 1.17. The fourth-order valence-corrected chi connectivity index (χ4v) is 9.25. The molecule has 3 aromatic rings. The van der Waals surface area contributed by atoms with E-state index in [4.69, 9.17) is 4.74 Å². The molecule has 7 nitrogen and oxygen atoms in total. The second kappa shape index (κ2) is 17.3. The zero-order valence-electron chi connectivity index (χ0n) is 33.8. The molecule has 0 bridgehead atoms. The van der Waals surface area contributed by atoms with Crippen molar-refractivity contribution < 1.29 is 14.6 Å². The standard InChI is InChI=1S/C47H60N4O3/c1-33(2)14-11-15-34(3)16-12-17-35(4)18-13-21-43-46(7)29-38(44(52)45(5,6)42(46)26-27-47(43,8)53)28-36-22-24-40(25-23-36)54-32-39-31-51(50-49-39)41-20-10-9-19-37(41)30-48/h9-10,14,16,18-20,22-25,28,31,42-43,53H,11-13,15,17,21,26-27,29,32H2,1-8H3/b34-16+,35-18+,38-28+/t42-,43+,46-,47+/m0/s1. The highest BCUT2D eigenvalue weighted by atomic mass is 16.5. The number of aromatic nitrogens is 3. The molecule has 1 N–H and O–H groups in total. The molecule has 54 heavy (non-hydrogen) atoms. The number of Topliss-reactive ketones (excluding diaryl/α,β-unsaturated/α-hetero) is 1. The van der Waals surface area contributed by atoms with Crippen LogP contribution < -0.4 is 4.74 Å². The quantitative estimate of drug-likeness (QED) is 0.131. The van der Waals surface area contributed by atoms with E-state index in [0.717, 1.165) is 62.5 Å². The van der Waals surface area contributed by atoms with Crippen LogP contribution in [-0.4, -0.2) is 31.5 Å². The van der Waals surface area contributed by atoms with Crippen LogP contribution in [0.4, 0.5) is 0 Å². The number of para-hydroxylation sites is 1. The molecule has 2 saturated carbocycles. The maximum Gasteiger partial charge on any atom is 0.164 e. The molecule has 2 fully saturated rings. The minimum atomic E-state index is -0.789. The lowest BCUT2D eigenvalue weighted by Crippen LogP contribution is -2.60. The predicted octanol–water partition coefficient (Wildman–Crippen LogP) is 11.1. The van der Waals surface area contributed by atoms with Crippen molar-refractivity contribution in [2.75, 3.05) is 0 Å². The Kier molecular flexibility index (Phi) is 13.0. The van der Waals surface area contributed by atoms with Crippen molar-refractivity contribution in [1.82, 2.24) is 15.0 Å². The molecular formula is C47H60N4O3. The van der Waals surface area contributed by atoms with Crippen molar-refractivity contribution in [3.8, 4) is 17.5 Å². The van der Waals surface area contributed by atoms with Gasteiger partial charge in [-0.2, -0.15) is 5.26 Å². The van der Waals surface area contributed by atoms with Crippen LogP contribution in [0.5, 0.6) is 5.75 Å². The smallest absolute Gasteiger partial charge is 0.164 e. The third-order valence-electron chi connectivity index (χ3n) is 12.1. The molecule has 2 aliphatic carbocycles. The fourth-order valence-electron chi connectivity index (χ4n) is 9.25. The van der Waals surface area contributed by atoms with Gasteiger partial charge >= 0.3 is 0 Å². The Bertz CT molecular complexity index is 1950. The summed E-state index contributed by atoms with van der Waals surface area (Å²) in [5.41, 5.74) is 6.32. The van der Waals surface area contributed by atoms with Crippen molar-refractivity contribution >= 4 is 11.9 Å². The number of allylic oxidation sites excluding steroid dienone is 7. The number of nitriles is 1. The summed E-state index contributed by atoms with van der Waals surface area (Å²) >= 11 is 0. The fraction of sp³-hybridized carbons (Fsp3) is 0.489. The second-order valence-corrected chi connectivity index (χ2v) is 17.1. The topological polar surface area (TPSA) is 101 Å². The Balaban J connectivity index is 1.25. The Labute approximate surface area is 323 Å². The van der Waals surface area contributed by atoms with E-state index in [1.165, 1.54) is 16.7 Å². The zero-order chi connectivity index (χ0) is 39.1. The van der Waals surface area contributed by atoms with E-state index in [2.05, 4.69) is 83.1 Å². The van der Waals surface area contributed by atoms with Gasteiger partial charge in [0.25, 0.3) is 0 Å². The molecule has 2 aliphatic rings. The first kappa shape index (κ1) is 40.6. The Morgan fingerprint density at radius 3 is 2.31 bits per heavy atom. The summed E-state index contributed by atoms with van der Waals surface area (Å²) in [6, 6.07) is 17.2. The molecule has 1 aromatic heterocycles. The van der Waals surface area contributed by atoms with E-state index < -0.39 is 11.0 Å². The van der Waals surface area contributed by atoms with E-state index >= 15 is 0 Å². The van der Waals surface area contributed by atoms with Crippen LogP contribution in [-0.2, 0) is 11.4 Å². The summed E-state index contributed by atoms with van der Waals surface area (Å²) < 4.78 is 7.61. The van der Waals surface area contributed by atoms with Gasteiger partial charge in [0, 0.05) is 5.41 Å². The number of aliphatic hydroxyl groups is 1. The molecule has 5 rings (SSSR count). The first-order chi connectivity index (χ1) is 25.6. The predicted molar refractivity (Wildman–Crippen MR) is 218 cm³/mol. The number of ketones is 1.